The maximum Gasteiger partial charge on any atom is 0.242 e. The van der Waals surface area contributed by atoms with Crippen LogP contribution in [0.5, 0.6) is 0 Å². The summed E-state index contributed by atoms with van der Waals surface area (Å²) in [5.74, 6) is -0.406. The molecule has 0 aliphatic rings. The number of halogens is 2. The highest BCUT2D eigenvalue weighted by atomic mass is 35.5. The average Bonchev–Trinajstić information content (AvgIpc) is 2.57. The molecule has 2 aromatic rings. The highest BCUT2D eigenvalue weighted by Crippen LogP contribution is 2.20. The van der Waals surface area contributed by atoms with Gasteiger partial charge in [-0.15, -0.1) is 11.8 Å². The average molecular weight is 367 g/mol. The van der Waals surface area contributed by atoms with Gasteiger partial charge in [-0.2, -0.15) is 0 Å². The Morgan fingerprint density at radius 2 is 1.58 bits per heavy atom. The van der Waals surface area contributed by atoms with Crippen LogP contribution >= 0.6 is 23.4 Å². The van der Waals surface area contributed by atoms with Crippen LogP contribution in [0.4, 0.5) is 4.39 Å². The number of hydrogen-bond donors (Lipinski definition) is 2. The molecule has 7 heteroatoms. The molecule has 2 aromatic carbocycles. The summed E-state index contributed by atoms with van der Waals surface area (Å²) < 4.78 is 12.8. The number of carbonyl (C=O) groups is 2. The zero-order chi connectivity index (χ0) is 17.4. The number of nitrogens with one attached hydrogen (secondary N) is 2. The van der Waals surface area contributed by atoms with Crippen molar-refractivity contribution in [2.75, 3.05) is 5.75 Å². The monoisotopic (exact) mass is 366 g/mol. The molecule has 0 heterocycles. The molecule has 126 valence electrons. The van der Waals surface area contributed by atoms with E-state index in [0.717, 1.165) is 4.90 Å². The summed E-state index contributed by atoms with van der Waals surface area (Å²) >= 11 is 7.33. The van der Waals surface area contributed by atoms with Crippen molar-refractivity contribution in [3.63, 3.8) is 0 Å². The molecule has 0 saturated heterocycles. The molecular weight excluding hydrogens is 351 g/mol. The standard InChI is InChI=1S/C17H16ClFN2O2S/c18-13-3-7-15(8-4-13)24-10-9-16(22)20-21-17(23)11-12-1-5-14(19)6-2-12/h1-8H,9-11H2,(H,20,22)(H,21,23). The number of amides is 2. The first-order chi connectivity index (χ1) is 11.5. The van der Waals surface area contributed by atoms with Crippen molar-refractivity contribution in [2.24, 2.45) is 0 Å². The van der Waals surface area contributed by atoms with Crippen LogP contribution in [0.2, 0.25) is 5.02 Å². The third kappa shape index (κ3) is 6.60. The fourth-order valence-electron chi connectivity index (χ4n) is 1.83. The topological polar surface area (TPSA) is 58.2 Å². The van der Waals surface area contributed by atoms with Crippen LogP contribution in [-0.4, -0.2) is 17.6 Å². The Hall–Kier alpha value is -2.05. The predicted octanol–water partition coefficient (Wildman–Crippen LogP) is 3.35. The summed E-state index contributed by atoms with van der Waals surface area (Å²) in [6.45, 7) is 0. The van der Waals surface area contributed by atoms with Gasteiger partial charge in [0, 0.05) is 22.1 Å². The minimum absolute atomic E-state index is 0.0695. The van der Waals surface area contributed by atoms with Crippen molar-refractivity contribution < 1.29 is 14.0 Å². The summed E-state index contributed by atoms with van der Waals surface area (Å²) in [5.41, 5.74) is 5.37. The molecule has 0 atom stereocenters. The quantitative estimate of drug-likeness (QED) is 0.609. The van der Waals surface area contributed by atoms with Crippen LogP contribution < -0.4 is 10.9 Å². The van der Waals surface area contributed by atoms with Crippen LogP contribution in [0.25, 0.3) is 0 Å². The second-order valence-electron chi connectivity index (χ2n) is 4.95. The maximum absolute atomic E-state index is 12.8. The van der Waals surface area contributed by atoms with Gasteiger partial charge in [-0.25, -0.2) is 4.39 Å². The molecule has 24 heavy (non-hydrogen) atoms. The van der Waals surface area contributed by atoms with Crippen molar-refractivity contribution in [1.82, 2.24) is 10.9 Å². The first kappa shape index (κ1) is 18.3. The van der Waals surface area contributed by atoms with Crippen LogP contribution in [0.15, 0.2) is 53.4 Å². The highest BCUT2D eigenvalue weighted by Gasteiger charge is 2.06. The minimum Gasteiger partial charge on any atom is -0.273 e. The fourth-order valence-corrected chi connectivity index (χ4v) is 2.80. The molecule has 0 radical (unpaired) electrons. The van der Waals surface area contributed by atoms with Gasteiger partial charge in [0.05, 0.1) is 6.42 Å². The number of rotatable bonds is 6. The van der Waals surface area contributed by atoms with Gasteiger partial charge in [0.1, 0.15) is 5.82 Å². The highest BCUT2D eigenvalue weighted by molar-refractivity contribution is 7.99. The van der Waals surface area contributed by atoms with Crippen molar-refractivity contribution >= 4 is 35.2 Å². The normalized spacial score (nSPS) is 10.2. The predicted molar refractivity (Wildman–Crippen MR) is 93.2 cm³/mol. The number of thioether (sulfide) groups is 1. The van der Waals surface area contributed by atoms with E-state index in [1.807, 2.05) is 12.1 Å². The Balaban J connectivity index is 1.64. The lowest BCUT2D eigenvalue weighted by atomic mass is 10.1. The lowest BCUT2D eigenvalue weighted by molar-refractivity contribution is -0.128. The summed E-state index contributed by atoms with van der Waals surface area (Å²) in [6, 6.07) is 13.0. The molecule has 0 saturated carbocycles. The van der Waals surface area contributed by atoms with E-state index >= 15 is 0 Å². The van der Waals surface area contributed by atoms with Gasteiger partial charge < -0.3 is 0 Å². The summed E-state index contributed by atoms with van der Waals surface area (Å²) in [5, 5.41) is 0.668. The molecule has 2 N–H and O–H groups in total. The third-order valence-electron chi connectivity index (χ3n) is 3.03. The van der Waals surface area contributed by atoms with Crippen molar-refractivity contribution in [3.8, 4) is 0 Å². The Morgan fingerprint density at radius 3 is 2.25 bits per heavy atom. The molecule has 0 aliphatic heterocycles. The molecular formula is C17H16ClFN2O2S. The Morgan fingerprint density at radius 1 is 0.958 bits per heavy atom. The molecule has 4 nitrogen and oxygen atoms in total. The second-order valence-corrected chi connectivity index (χ2v) is 6.56. The van der Waals surface area contributed by atoms with E-state index in [9.17, 15) is 14.0 Å². The number of hydrazine groups is 1. The maximum atomic E-state index is 12.8. The van der Waals surface area contributed by atoms with Gasteiger partial charge in [0.2, 0.25) is 11.8 Å². The van der Waals surface area contributed by atoms with E-state index in [1.54, 1.807) is 12.1 Å². The first-order valence-corrected chi connectivity index (χ1v) is 8.60. The van der Waals surface area contributed by atoms with Gasteiger partial charge in [-0.1, -0.05) is 23.7 Å². The van der Waals surface area contributed by atoms with Gasteiger partial charge in [-0.3, -0.25) is 20.4 Å². The van der Waals surface area contributed by atoms with Gasteiger partial charge in [0.25, 0.3) is 0 Å². The molecule has 0 spiro atoms. The number of carbonyl (C=O) groups excluding carboxylic acids is 2. The largest absolute Gasteiger partial charge is 0.273 e. The Kier molecular flexibility index (Phi) is 7.08. The minimum atomic E-state index is -0.361. The van der Waals surface area contributed by atoms with Crippen molar-refractivity contribution in [3.05, 3.63) is 64.9 Å². The van der Waals surface area contributed by atoms with Crippen LogP contribution in [0.3, 0.4) is 0 Å². The summed E-state index contributed by atoms with van der Waals surface area (Å²) in [6.07, 6.45) is 0.338. The van der Waals surface area contributed by atoms with Crippen LogP contribution in [0.1, 0.15) is 12.0 Å². The second kappa shape index (κ2) is 9.30. The summed E-state index contributed by atoms with van der Waals surface area (Å²) in [4.78, 5) is 24.4. The third-order valence-corrected chi connectivity index (χ3v) is 4.30. The number of benzene rings is 2. The van der Waals surface area contributed by atoms with Crippen molar-refractivity contribution in [2.45, 2.75) is 17.7 Å². The van der Waals surface area contributed by atoms with Gasteiger partial charge in [-0.05, 0) is 42.0 Å². The summed E-state index contributed by atoms with van der Waals surface area (Å²) in [7, 11) is 0. The molecule has 0 bridgehead atoms. The van der Waals surface area contributed by atoms with E-state index in [-0.39, 0.29) is 30.5 Å². The van der Waals surface area contributed by atoms with E-state index in [0.29, 0.717) is 16.3 Å². The first-order valence-electron chi connectivity index (χ1n) is 7.23. The van der Waals surface area contributed by atoms with Gasteiger partial charge in [0.15, 0.2) is 0 Å². The van der Waals surface area contributed by atoms with Crippen molar-refractivity contribution in [1.29, 1.82) is 0 Å². The Bertz CT molecular complexity index is 693. The molecule has 0 aromatic heterocycles. The van der Waals surface area contributed by atoms with E-state index in [1.165, 1.54) is 36.0 Å². The van der Waals surface area contributed by atoms with E-state index in [4.69, 9.17) is 11.6 Å². The zero-order valence-electron chi connectivity index (χ0n) is 12.7. The molecule has 2 rings (SSSR count). The lowest BCUT2D eigenvalue weighted by Gasteiger charge is -2.07. The van der Waals surface area contributed by atoms with Gasteiger partial charge >= 0.3 is 0 Å². The lowest BCUT2D eigenvalue weighted by Crippen LogP contribution is -2.42. The van der Waals surface area contributed by atoms with Crippen LogP contribution in [0, 0.1) is 5.82 Å². The SMILES string of the molecule is O=C(CCSc1ccc(Cl)cc1)NNC(=O)Cc1ccc(F)cc1. The molecule has 2 amide bonds. The molecule has 0 fully saturated rings. The zero-order valence-corrected chi connectivity index (χ0v) is 14.3. The van der Waals surface area contributed by atoms with E-state index < -0.39 is 0 Å². The smallest absolute Gasteiger partial charge is 0.242 e. The van der Waals surface area contributed by atoms with Crippen LogP contribution in [-0.2, 0) is 16.0 Å². The fraction of sp³-hybridized carbons (Fsp3) is 0.176. The number of hydrogen-bond acceptors (Lipinski definition) is 3. The Labute approximate surface area is 148 Å². The molecule has 0 aliphatic carbocycles. The molecule has 0 unspecified atom stereocenters. The van der Waals surface area contributed by atoms with E-state index in [2.05, 4.69) is 10.9 Å².